The number of hydrogen-bond donors (Lipinski definition) is 1. The number of anilines is 1. The Bertz CT molecular complexity index is 882. The highest BCUT2D eigenvalue weighted by molar-refractivity contribution is 9.10. The van der Waals surface area contributed by atoms with Crippen LogP contribution in [0.1, 0.15) is 17.7 Å². The molecule has 7 nitrogen and oxygen atoms in total. The largest absolute Gasteiger partial charge is 0.467 e. The lowest BCUT2D eigenvalue weighted by Gasteiger charge is -2.21. The maximum Gasteiger partial charge on any atom is 0.243 e. The van der Waals surface area contributed by atoms with Crippen LogP contribution in [-0.4, -0.2) is 47.7 Å². The first-order valence-electron chi connectivity index (χ1n) is 8.94. The maximum atomic E-state index is 12.7. The Morgan fingerprint density at radius 3 is 2.82 bits per heavy atom. The normalized spacial score (nSPS) is 16.3. The number of furan rings is 1. The number of benzene rings is 1. The van der Waals surface area contributed by atoms with Gasteiger partial charge in [0.1, 0.15) is 5.76 Å². The molecule has 0 saturated carbocycles. The Labute approximate surface area is 171 Å². The van der Waals surface area contributed by atoms with Gasteiger partial charge in [0, 0.05) is 30.2 Å². The summed E-state index contributed by atoms with van der Waals surface area (Å²) < 4.78 is 6.20. The van der Waals surface area contributed by atoms with Crippen LogP contribution in [0.25, 0.3) is 0 Å². The predicted octanol–water partition coefficient (Wildman–Crippen LogP) is 2.80. The lowest BCUT2D eigenvalue weighted by molar-refractivity contribution is -0.137. The van der Waals surface area contributed by atoms with E-state index < -0.39 is 5.92 Å². The van der Waals surface area contributed by atoms with E-state index in [1.165, 1.54) is 4.90 Å². The second-order valence-corrected chi connectivity index (χ2v) is 7.87. The second-order valence-electron chi connectivity index (χ2n) is 6.96. The fourth-order valence-electron chi connectivity index (χ4n) is 3.24. The van der Waals surface area contributed by atoms with E-state index >= 15 is 0 Å². The molecule has 3 amide bonds. The highest BCUT2D eigenvalue weighted by atomic mass is 79.9. The third kappa shape index (κ3) is 4.81. The van der Waals surface area contributed by atoms with Gasteiger partial charge < -0.3 is 19.5 Å². The first-order chi connectivity index (χ1) is 13.3. The van der Waals surface area contributed by atoms with Crippen LogP contribution in [0, 0.1) is 12.8 Å². The summed E-state index contributed by atoms with van der Waals surface area (Å²) >= 11 is 3.38. The van der Waals surface area contributed by atoms with Crippen LogP contribution in [0.4, 0.5) is 5.69 Å². The molecule has 1 aromatic carbocycles. The van der Waals surface area contributed by atoms with Gasteiger partial charge in [-0.2, -0.15) is 0 Å². The first-order valence-corrected chi connectivity index (χ1v) is 9.74. The minimum absolute atomic E-state index is 0.0722. The molecule has 1 fully saturated rings. The Hall–Kier alpha value is -2.61. The standard InChI is InChI=1S/C20H22BrN3O4/c1-13-8-15(21)5-6-17(13)22-18(25)12-23(2)20(27)14-9-19(26)24(10-14)11-16-4-3-7-28-16/h3-8,14H,9-12H2,1-2H3,(H,22,25)/t14-/m1/s1. The van der Waals surface area contributed by atoms with Crippen molar-refractivity contribution in [1.29, 1.82) is 0 Å². The van der Waals surface area contributed by atoms with Crippen molar-refractivity contribution in [2.75, 3.05) is 25.5 Å². The van der Waals surface area contributed by atoms with Crippen LogP contribution >= 0.6 is 15.9 Å². The number of carbonyl (C=O) groups excluding carboxylic acids is 3. The zero-order valence-electron chi connectivity index (χ0n) is 15.8. The number of aryl methyl sites for hydroxylation is 1. The molecule has 2 aromatic rings. The fourth-order valence-corrected chi connectivity index (χ4v) is 3.72. The highest BCUT2D eigenvalue weighted by Gasteiger charge is 2.36. The Morgan fingerprint density at radius 2 is 2.14 bits per heavy atom. The van der Waals surface area contributed by atoms with E-state index in [2.05, 4.69) is 21.2 Å². The van der Waals surface area contributed by atoms with Crippen LogP contribution in [0.15, 0.2) is 45.5 Å². The summed E-state index contributed by atoms with van der Waals surface area (Å²) in [6.45, 7) is 2.50. The number of hydrogen-bond acceptors (Lipinski definition) is 4. The summed E-state index contributed by atoms with van der Waals surface area (Å²) in [5, 5.41) is 2.82. The van der Waals surface area contributed by atoms with Crippen LogP contribution in [0.3, 0.4) is 0 Å². The molecule has 1 aliphatic rings. The number of rotatable bonds is 6. The quantitative estimate of drug-likeness (QED) is 0.737. The molecule has 0 aliphatic carbocycles. The van der Waals surface area contributed by atoms with Crippen LogP contribution in [0.5, 0.6) is 0 Å². The SMILES string of the molecule is Cc1cc(Br)ccc1NC(=O)CN(C)C(=O)[C@@H]1CC(=O)N(Cc2ccco2)C1. The fraction of sp³-hybridized carbons (Fsp3) is 0.350. The second kappa shape index (κ2) is 8.60. The van der Waals surface area contributed by atoms with Crippen molar-refractivity contribution in [3.63, 3.8) is 0 Å². The van der Waals surface area contributed by atoms with E-state index in [0.717, 1.165) is 10.0 Å². The van der Waals surface area contributed by atoms with Crippen molar-refractivity contribution < 1.29 is 18.8 Å². The van der Waals surface area contributed by atoms with Crippen LogP contribution < -0.4 is 5.32 Å². The Kier molecular flexibility index (Phi) is 6.18. The number of halogens is 1. The van der Waals surface area contributed by atoms with Crippen molar-refractivity contribution >= 4 is 39.3 Å². The predicted molar refractivity (Wildman–Crippen MR) is 107 cm³/mol. The third-order valence-electron chi connectivity index (χ3n) is 4.71. The van der Waals surface area contributed by atoms with Gasteiger partial charge in [-0.3, -0.25) is 14.4 Å². The Morgan fingerprint density at radius 1 is 1.36 bits per heavy atom. The van der Waals surface area contributed by atoms with Crippen LogP contribution in [-0.2, 0) is 20.9 Å². The smallest absolute Gasteiger partial charge is 0.243 e. The van der Waals surface area contributed by atoms with Crippen LogP contribution in [0.2, 0.25) is 0 Å². The highest BCUT2D eigenvalue weighted by Crippen LogP contribution is 2.23. The van der Waals surface area contributed by atoms with Gasteiger partial charge in [0.15, 0.2) is 0 Å². The van der Waals surface area contributed by atoms with E-state index in [-0.39, 0.29) is 30.7 Å². The number of nitrogens with zero attached hydrogens (tertiary/aromatic N) is 2. The molecule has 8 heteroatoms. The Balaban J connectivity index is 1.54. The van der Waals surface area contributed by atoms with Crippen molar-refractivity contribution in [2.45, 2.75) is 19.9 Å². The molecule has 1 atom stereocenters. The number of likely N-dealkylation sites (tertiary alicyclic amines) is 1. The molecule has 1 N–H and O–H groups in total. The van der Waals surface area contributed by atoms with Gasteiger partial charge in [0.25, 0.3) is 0 Å². The summed E-state index contributed by atoms with van der Waals surface area (Å²) in [7, 11) is 1.58. The molecular formula is C20H22BrN3O4. The zero-order chi connectivity index (χ0) is 20.3. The summed E-state index contributed by atoms with van der Waals surface area (Å²) in [6.07, 6.45) is 1.70. The number of nitrogens with one attached hydrogen (secondary N) is 1. The monoisotopic (exact) mass is 447 g/mol. The molecule has 2 heterocycles. The van der Waals surface area contributed by atoms with Gasteiger partial charge in [-0.25, -0.2) is 0 Å². The van der Waals surface area contributed by atoms with Gasteiger partial charge in [-0.1, -0.05) is 15.9 Å². The molecule has 0 spiro atoms. The van der Waals surface area contributed by atoms with Gasteiger partial charge >= 0.3 is 0 Å². The van der Waals surface area contributed by atoms with E-state index in [0.29, 0.717) is 24.5 Å². The molecule has 28 heavy (non-hydrogen) atoms. The van der Waals surface area contributed by atoms with E-state index in [1.54, 1.807) is 36.4 Å². The lowest BCUT2D eigenvalue weighted by atomic mass is 10.1. The number of likely N-dealkylation sites (N-methyl/N-ethyl adjacent to an activating group) is 1. The zero-order valence-corrected chi connectivity index (χ0v) is 17.4. The summed E-state index contributed by atoms with van der Waals surface area (Å²) in [6, 6.07) is 9.11. The minimum atomic E-state index is -0.449. The van der Waals surface area contributed by atoms with Gasteiger partial charge in [0.05, 0.1) is 25.3 Å². The molecule has 0 unspecified atom stereocenters. The average Bonchev–Trinajstić information content (AvgIpc) is 3.27. The number of carbonyl (C=O) groups is 3. The summed E-state index contributed by atoms with van der Waals surface area (Å²) in [4.78, 5) is 40.2. The minimum Gasteiger partial charge on any atom is -0.467 e. The first kappa shape index (κ1) is 20.1. The topological polar surface area (TPSA) is 82.9 Å². The van der Waals surface area contributed by atoms with E-state index in [9.17, 15) is 14.4 Å². The molecular weight excluding hydrogens is 426 g/mol. The maximum absolute atomic E-state index is 12.7. The van der Waals surface area contributed by atoms with Gasteiger partial charge in [-0.05, 0) is 42.8 Å². The average molecular weight is 448 g/mol. The lowest BCUT2D eigenvalue weighted by Crippen LogP contribution is -2.39. The molecule has 0 radical (unpaired) electrons. The molecule has 0 bridgehead atoms. The molecule has 3 rings (SSSR count). The van der Waals surface area contributed by atoms with E-state index in [4.69, 9.17) is 4.42 Å². The van der Waals surface area contributed by atoms with Crippen molar-refractivity contribution in [1.82, 2.24) is 9.80 Å². The molecule has 1 aromatic heterocycles. The van der Waals surface area contributed by atoms with Crippen molar-refractivity contribution in [3.05, 3.63) is 52.4 Å². The van der Waals surface area contributed by atoms with E-state index in [1.807, 2.05) is 19.1 Å². The number of amides is 3. The van der Waals surface area contributed by atoms with Gasteiger partial charge in [-0.15, -0.1) is 0 Å². The summed E-state index contributed by atoms with van der Waals surface area (Å²) in [5.41, 5.74) is 1.63. The van der Waals surface area contributed by atoms with Crippen molar-refractivity contribution in [2.24, 2.45) is 5.92 Å². The molecule has 1 aliphatic heterocycles. The third-order valence-corrected chi connectivity index (χ3v) is 5.20. The summed E-state index contributed by atoms with van der Waals surface area (Å²) in [5.74, 6) is -0.345. The molecule has 1 saturated heterocycles. The van der Waals surface area contributed by atoms with Crippen molar-refractivity contribution in [3.8, 4) is 0 Å². The molecule has 148 valence electrons. The van der Waals surface area contributed by atoms with Gasteiger partial charge in [0.2, 0.25) is 17.7 Å².